The van der Waals surface area contributed by atoms with Gasteiger partial charge in [0, 0.05) is 17.3 Å². The first-order valence-electron chi connectivity index (χ1n) is 8.75. The average Bonchev–Trinajstić information content (AvgIpc) is 3.09. The zero-order chi connectivity index (χ0) is 21.5. The molecule has 0 aliphatic rings. The van der Waals surface area contributed by atoms with Crippen molar-refractivity contribution in [1.82, 2.24) is 14.8 Å². The molecule has 0 bridgehead atoms. The molecule has 0 aliphatic heterocycles. The highest BCUT2D eigenvalue weighted by atomic mass is 35.5. The molecule has 0 atom stereocenters. The zero-order valence-corrected chi connectivity index (χ0v) is 18.0. The Balaban J connectivity index is 1.62. The monoisotopic (exact) mass is 466 g/mol. The fraction of sp³-hybridized carbons (Fsp3) is 0.150. The number of halogens is 3. The van der Waals surface area contributed by atoms with Crippen molar-refractivity contribution in [3.63, 3.8) is 0 Å². The van der Waals surface area contributed by atoms with Crippen molar-refractivity contribution in [1.29, 1.82) is 0 Å². The summed E-state index contributed by atoms with van der Waals surface area (Å²) >= 11 is 13.1. The predicted molar refractivity (Wildman–Crippen MR) is 117 cm³/mol. The lowest BCUT2D eigenvalue weighted by Crippen LogP contribution is -2.15. The molecule has 2 aromatic carbocycles. The summed E-state index contributed by atoms with van der Waals surface area (Å²) in [5.74, 6) is 0.366. The zero-order valence-electron chi connectivity index (χ0n) is 15.6. The van der Waals surface area contributed by atoms with Crippen LogP contribution in [0, 0.1) is 5.82 Å². The van der Waals surface area contributed by atoms with E-state index in [-0.39, 0.29) is 23.3 Å². The Hall–Kier alpha value is -2.55. The predicted octanol–water partition coefficient (Wildman–Crippen LogP) is 5.22. The minimum Gasteiger partial charge on any atom is -0.484 e. The second-order valence-corrected chi connectivity index (χ2v) is 7.79. The number of nitrogens with zero attached hydrogens (tertiary/aromatic N) is 3. The number of hydrogen-bond acceptors (Lipinski definition) is 5. The number of amides is 1. The van der Waals surface area contributed by atoms with Crippen molar-refractivity contribution in [2.75, 3.05) is 11.1 Å². The summed E-state index contributed by atoms with van der Waals surface area (Å²) in [4.78, 5) is 12.2. The second-order valence-electron chi connectivity index (χ2n) is 6.01. The molecule has 1 N–H and O–H groups in total. The first-order valence-corrected chi connectivity index (χ1v) is 10.5. The van der Waals surface area contributed by atoms with Gasteiger partial charge >= 0.3 is 0 Å². The molecule has 0 radical (unpaired) electrons. The third-order valence-electron chi connectivity index (χ3n) is 3.82. The SMILES string of the molecule is C=CCn1c(COc2ccc(F)cc2Cl)nnc1SCC(=O)Nc1ccc(Cl)cc1. The molecule has 0 saturated heterocycles. The van der Waals surface area contributed by atoms with Crippen LogP contribution in [-0.2, 0) is 17.9 Å². The molecule has 10 heteroatoms. The smallest absolute Gasteiger partial charge is 0.234 e. The van der Waals surface area contributed by atoms with Crippen LogP contribution in [0.3, 0.4) is 0 Å². The maximum atomic E-state index is 13.2. The Labute approximate surface area is 187 Å². The molecule has 30 heavy (non-hydrogen) atoms. The van der Waals surface area contributed by atoms with E-state index >= 15 is 0 Å². The summed E-state index contributed by atoms with van der Waals surface area (Å²) in [6, 6.07) is 10.7. The van der Waals surface area contributed by atoms with E-state index in [1.165, 1.54) is 30.0 Å². The maximum absolute atomic E-state index is 13.2. The topological polar surface area (TPSA) is 69.0 Å². The highest BCUT2D eigenvalue weighted by Crippen LogP contribution is 2.26. The molecular weight excluding hydrogens is 450 g/mol. The van der Waals surface area contributed by atoms with Gasteiger partial charge in [-0.15, -0.1) is 16.8 Å². The Morgan fingerprint density at radius 3 is 2.70 bits per heavy atom. The van der Waals surface area contributed by atoms with Gasteiger partial charge in [-0.2, -0.15) is 0 Å². The maximum Gasteiger partial charge on any atom is 0.234 e. The lowest BCUT2D eigenvalue weighted by atomic mass is 10.3. The standard InChI is InChI=1S/C20H17Cl2FN4O2S/c1-2-9-27-18(11-29-17-8-5-14(23)10-16(17)22)25-26-20(27)30-12-19(28)24-15-6-3-13(21)4-7-15/h2-8,10H,1,9,11-12H2,(H,24,28). The highest BCUT2D eigenvalue weighted by Gasteiger charge is 2.15. The fourth-order valence-corrected chi connectivity index (χ4v) is 3.55. The van der Waals surface area contributed by atoms with Gasteiger partial charge in [0.2, 0.25) is 5.91 Å². The molecule has 3 rings (SSSR count). The van der Waals surface area contributed by atoms with Gasteiger partial charge in [0.25, 0.3) is 0 Å². The number of thioether (sulfide) groups is 1. The van der Waals surface area contributed by atoms with Crippen LogP contribution < -0.4 is 10.1 Å². The molecule has 1 aromatic heterocycles. The van der Waals surface area contributed by atoms with Gasteiger partial charge < -0.3 is 10.1 Å². The van der Waals surface area contributed by atoms with E-state index in [2.05, 4.69) is 22.1 Å². The number of carbonyl (C=O) groups is 1. The van der Waals surface area contributed by atoms with Crippen molar-refractivity contribution in [2.45, 2.75) is 18.3 Å². The molecule has 0 unspecified atom stereocenters. The van der Waals surface area contributed by atoms with Crippen LogP contribution in [0.2, 0.25) is 10.0 Å². The van der Waals surface area contributed by atoms with Crippen molar-refractivity contribution in [2.24, 2.45) is 0 Å². The van der Waals surface area contributed by atoms with E-state index in [1.54, 1.807) is 34.9 Å². The summed E-state index contributed by atoms with van der Waals surface area (Å²) in [6.45, 7) is 4.25. The van der Waals surface area contributed by atoms with E-state index in [1.807, 2.05) is 0 Å². The molecule has 0 spiro atoms. The summed E-state index contributed by atoms with van der Waals surface area (Å²) in [5, 5.41) is 12.4. The van der Waals surface area contributed by atoms with E-state index < -0.39 is 5.82 Å². The van der Waals surface area contributed by atoms with Crippen LogP contribution in [0.15, 0.2) is 60.3 Å². The third kappa shape index (κ3) is 5.98. The van der Waals surface area contributed by atoms with Gasteiger partial charge in [-0.3, -0.25) is 9.36 Å². The van der Waals surface area contributed by atoms with Crippen molar-refractivity contribution in [3.8, 4) is 5.75 Å². The fourth-order valence-electron chi connectivity index (χ4n) is 2.44. The first kappa shape index (κ1) is 22.1. The van der Waals surface area contributed by atoms with Gasteiger partial charge in [-0.1, -0.05) is 41.0 Å². The quantitative estimate of drug-likeness (QED) is 0.345. The molecule has 0 saturated carbocycles. The van der Waals surface area contributed by atoms with Crippen molar-refractivity contribution < 1.29 is 13.9 Å². The number of carbonyl (C=O) groups excluding carboxylic acids is 1. The molecule has 156 valence electrons. The number of nitrogens with one attached hydrogen (secondary N) is 1. The first-order chi connectivity index (χ1) is 14.5. The molecular formula is C20H17Cl2FN4O2S. The van der Waals surface area contributed by atoms with E-state index in [9.17, 15) is 9.18 Å². The van der Waals surface area contributed by atoms with E-state index in [0.29, 0.717) is 34.0 Å². The average molecular weight is 467 g/mol. The van der Waals surface area contributed by atoms with Crippen LogP contribution in [0.5, 0.6) is 5.75 Å². The summed E-state index contributed by atoms with van der Waals surface area (Å²) in [6.07, 6.45) is 1.69. The number of allylic oxidation sites excluding steroid dienone is 1. The number of aromatic nitrogens is 3. The van der Waals surface area contributed by atoms with Crippen LogP contribution in [0.25, 0.3) is 0 Å². The minimum absolute atomic E-state index is 0.0731. The van der Waals surface area contributed by atoms with Crippen LogP contribution in [-0.4, -0.2) is 26.4 Å². The van der Waals surface area contributed by atoms with Gasteiger partial charge in [-0.05, 0) is 42.5 Å². The minimum atomic E-state index is -0.447. The van der Waals surface area contributed by atoms with Crippen LogP contribution >= 0.6 is 35.0 Å². The van der Waals surface area contributed by atoms with Gasteiger partial charge in [0.15, 0.2) is 11.0 Å². The Morgan fingerprint density at radius 2 is 2.00 bits per heavy atom. The van der Waals surface area contributed by atoms with Gasteiger partial charge in [-0.25, -0.2) is 4.39 Å². The van der Waals surface area contributed by atoms with Crippen molar-refractivity contribution >= 4 is 46.6 Å². The Kier molecular flexibility index (Phi) is 7.73. The van der Waals surface area contributed by atoms with Crippen LogP contribution in [0.1, 0.15) is 5.82 Å². The van der Waals surface area contributed by atoms with Gasteiger partial charge in [0.05, 0.1) is 10.8 Å². The largest absolute Gasteiger partial charge is 0.484 e. The van der Waals surface area contributed by atoms with E-state index in [0.717, 1.165) is 0 Å². The molecule has 1 amide bonds. The number of ether oxygens (including phenoxy) is 1. The number of rotatable bonds is 9. The summed E-state index contributed by atoms with van der Waals surface area (Å²) in [7, 11) is 0. The van der Waals surface area contributed by atoms with Crippen molar-refractivity contribution in [3.05, 3.63) is 76.8 Å². The number of anilines is 1. The number of hydrogen-bond donors (Lipinski definition) is 1. The lowest BCUT2D eigenvalue weighted by molar-refractivity contribution is -0.113. The number of benzene rings is 2. The second kappa shape index (κ2) is 10.5. The Bertz CT molecular complexity index is 1040. The normalized spacial score (nSPS) is 10.6. The van der Waals surface area contributed by atoms with E-state index in [4.69, 9.17) is 27.9 Å². The highest BCUT2D eigenvalue weighted by molar-refractivity contribution is 7.99. The molecule has 0 aliphatic carbocycles. The molecule has 6 nitrogen and oxygen atoms in total. The van der Waals surface area contributed by atoms with Gasteiger partial charge in [0.1, 0.15) is 18.2 Å². The molecule has 3 aromatic rings. The summed E-state index contributed by atoms with van der Waals surface area (Å²) < 4.78 is 20.6. The molecule has 1 heterocycles. The third-order valence-corrected chi connectivity index (χ3v) is 5.33. The lowest BCUT2D eigenvalue weighted by Gasteiger charge is -2.10. The summed E-state index contributed by atoms with van der Waals surface area (Å²) in [5.41, 5.74) is 0.655. The Morgan fingerprint density at radius 1 is 1.23 bits per heavy atom. The molecule has 0 fully saturated rings. The van der Waals surface area contributed by atoms with Crippen LogP contribution in [0.4, 0.5) is 10.1 Å².